The Labute approximate surface area is 112 Å². The van der Waals surface area contributed by atoms with Crippen LogP contribution in [-0.4, -0.2) is 17.4 Å². The second kappa shape index (κ2) is 4.50. The lowest BCUT2D eigenvalue weighted by Crippen LogP contribution is -2.24. The van der Waals surface area contributed by atoms with Crippen LogP contribution in [0, 0.1) is 12.8 Å². The lowest BCUT2D eigenvalue weighted by atomic mass is 10.1. The third-order valence-corrected chi connectivity index (χ3v) is 3.73. The summed E-state index contributed by atoms with van der Waals surface area (Å²) in [5.41, 5.74) is 3.06. The summed E-state index contributed by atoms with van der Waals surface area (Å²) in [5.74, 6) is 0.416. The van der Waals surface area contributed by atoms with Crippen molar-refractivity contribution in [3.05, 3.63) is 48.7 Å². The van der Waals surface area contributed by atoms with Crippen LogP contribution in [0.15, 0.2) is 43.1 Å². The maximum absolute atomic E-state index is 12.1. The van der Waals surface area contributed by atoms with Crippen molar-refractivity contribution in [2.24, 2.45) is 5.92 Å². The summed E-state index contributed by atoms with van der Waals surface area (Å²) in [6.07, 6.45) is 4.21. The first kappa shape index (κ1) is 11.9. The number of anilines is 1. The van der Waals surface area contributed by atoms with Crippen molar-refractivity contribution in [1.82, 2.24) is 4.98 Å². The van der Waals surface area contributed by atoms with Crippen LogP contribution in [0.3, 0.4) is 0 Å². The van der Waals surface area contributed by atoms with Gasteiger partial charge in [0.25, 0.3) is 0 Å². The van der Waals surface area contributed by atoms with Gasteiger partial charge < -0.3 is 4.90 Å². The van der Waals surface area contributed by atoms with Crippen molar-refractivity contribution in [1.29, 1.82) is 0 Å². The maximum atomic E-state index is 12.1. The highest BCUT2D eigenvalue weighted by Crippen LogP contribution is 2.32. The van der Waals surface area contributed by atoms with Crippen LogP contribution in [0.4, 0.5) is 5.69 Å². The molecule has 1 aromatic carbocycles. The molecule has 1 saturated heterocycles. The number of pyridine rings is 1. The molecule has 1 aromatic heterocycles. The average Bonchev–Trinajstić information content (AvgIpc) is 2.81. The first-order valence-electron chi connectivity index (χ1n) is 6.48. The normalized spacial score (nSPS) is 19.1. The lowest BCUT2D eigenvalue weighted by Gasteiger charge is -2.19. The topological polar surface area (TPSA) is 33.2 Å². The van der Waals surface area contributed by atoms with Crippen molar-refractivity contribution in [2.75, 3.05) is 11.4 Å². The molecule has 2 aromatic rings. The van der Waals surface area contributed by atoms with Gasteiger partial charge in [0.15, 0.2) is 0 Å². The Bertz CT molecular complexity index is 663. The molecule has 0 aliphatic carbocycles. The Balaban J connectivity index is 2.14. The van der Waals surface area contributed by atoms with Gasteiger partial charge in [0.05, 0.1) is 11.2 Å². The van der Waals surface area contributed by atoms with Crippen LogP contribution in [0.2, 0.25) is 0 Å². The summed E-state index contributed by atoms with van der Waals surface area (Å²) < 4.78 is 0. The van der Waals surface area contributed by atoms with Gasteiger partial charge in [-0.15, -0.1) is 6.58 Å². The van der Waals surface area contributed by atoms with Crippen LogP contribution < -0.4 is 4.90 Å². The molecule has 96 valence electrons. The zero-order valence-electron chi connectivity index (χ0n) is 11.0. The summed E-state index contributed by atoms with van der Waals surface area (Å²) in [7, 11) is 0. The number of nitrogens with zero attached hydrogens (tertiary/aromatic N) is 2. The Morgan fingerprint density at radius 1 is 1.42 bits per heavy atom. The summed E-state index contributed by atoms with van der Waals surface area (Å²) in [4.78, 5) is 18.4. The highest BCUT2D eigenvalue weighted by Gasteiger charge is 2.29. The Morgan fingerprint density at radius 3 is 3.00 bits per heavy atom. The first-order chi connectivity index (χ1) is 9.20. The molecule has 3 nitrogen and oxygen atoms in total. The monoisotopic (exact) mass is 252 g/mol. The van der Waals surface area contributed by atoms with E-state index in [0.29, 0.717) is 6.42 Å². The summed E-state index contributed by atoms with van der Waals surface area (Å²) in [5, 5.41) is 1.04. The fourth-order valence-electron chi connectivity index (χ4n) is 2.66. The molecule has 0 spiro atoms. The standard InChI is InChI=1S/C16H16N2O/c1-3-12-9-15(19)18(10-12)14-7-6-11(2)16-13(14)5-4-8-17-16/h3-8,12H,1,9-10H2,2H3. The Morgan fingerprint density at radius 2 is 2.26 bits per heavy atom. The van der Waals surface area contributed by atoms with E-state index in [2.05, 4.69) is 11.6 Å². The molecule has 0 bridgehead atoms. The molecule has 19 heavy (non-hydrogen) atoms. The van der Waals surface area contributed by atoms with Gasteiger partial charge in [-0.1, -0.05) is 12.1 Å². The van der Waals surface area contributed by atoms with Crippen LogP contribution >= 0.6 is 0 Å². The molecule has 0 N–H and O–H groups in total. The molecular formula is C16H16N2O. The molecule has 1 aliphatic heterocycles. The number of carbonyl (C=O) groups excluding carboxylic acids is 1. The number of amides is 1. The molecule has 1 amide bonds. The molecule has 1 aliphatic rings. The third kappa shape index (κ3) is 1.91. The fourth-order valence-corrected chi connectivity index (χ4v) is 2.66. The van der Waals surface area contributed by atoms with Gasteiger partial charge in [-0.2, -0.15) is 0 Å². The van der Waals surface area contributed by atoms with Crippen LogP contribution in [0.25, 0.3) is 10.9 Å². The molecule has 1 atom stereocenters. The molecule has 3 heteroatoms. The van der Waals surface area contributed by atoms with E-state index in [-0.39, 0.29) is 11.8 Å². The van der Waals surface area contributed by atoms with Gasteiger partial charge >= 0.3 is 0 Å². The van der Waals surface area contributed by atoms with Crippen molar-refractivity contribution < 1.29 is 4.79 Å². The van der Waals surface area contributed by atoms with Crippen molar-refractivity contribution in [3.8, 4) is 0 Å². The predicted octanol–water partition coefficient (Wildman–Crippen LogP) is 3.08. The van der Waals surface area contributed by atoms with Gasteiger partial charge in [0.2, 0.25) is 5.91 Å². The van der Waals surface area contributed by atoms with Crippen molar-refractivity contribution in [3.63, 3.8) is 0 Å². The lowest BCUT2D eigenvalue weighted by molar-refractivity contribution is -0.117. The molecule has 0 saturated carbocycles. The Hall–Kier alpha value is -2.16. The van der Waals surface area contributed by atoms with Crippen LogP contribution in [0.5, 0.6) is 0 Å². The van der Waals surface area contributed by atoms with E-state index in [1.807, 2.05) is 42.2 Å². The number of rotatable bonds is 2. The zero-order chi connectivity index (χ0) is 13.4. The van der Waals surface area contributed by atoms with E-state index in [4.69, 9.17) is 0 Å². The van der Waals surface area contributed by atoms with E-state index < -0.39 is 0 Å². The van der Waals surface area contributed by atoms with E-state index >= 15 is 0 Å². The van der Waals surface area contributed by atoms with Gasteiger partial charge in [0.1, 0.15) is 0 Å². The van der Waals surface area contributed by atoms with Gasteiger partial charge in [-0.25, -0.2) is 0 Å². The summed E-state index contributed by atoms with van der Waals surface area (Å²) in [6, 6.07) is 7.98. The fraction of sp³-hybridized carbons (Fsp3) is 0.250. The molecule has 3 rings (SSSR count). The minimum Gasteiger partial charge on any atom is -0.311 e. The zero-order valence-corrected chi connectivity index (χ0v) is 11.0. The Kier molecular flexibility index (Phi) is 2.82. The molecule has 1 fully saturated rings. The molecular weight excluding hydrogens is 236 g/mol. The number of aryl methyl sites for hydroxylation is 1. The molecule has 2 heterocycles. The number of hydrogen-bond donors (Lipinski definition) is 0. The van der Waals surface area contributed by atoms with Gasteiger partial charge in [-0.3, -0.25) is 9.78 Å². The SMILES string of the molecule is C=CC1CC(=O)N(c2ccc(C)c3ncccc23)C1. The smallest absolute Gasteiger partial charge is 0.227 e. The van der Waals surface area contributed by atoms with Crippen LogP contribution in [-0.2, 0) is 4.79 Å². The van der Waals surface area contributed by atoms with Crippen molar-refractivity contribution in [2.45, 2.75) is 13.3 Å². The third-order valence-electron chi connectivity index (χ3n) is 3.73. The predicted molar refractivity (Wildman–Crippen MR) is 77.1 cm³/mol. The van der Waals surface area contributed by atoms with Gasteiger partial charge in [-0.05, 0) is 30.7 Å². The second-order valence-electron chi connectivity index (χ2n) is 5.01. The number of hydrogen-bond acceptors (Lipinski definition) is 2. The number of carbonyl (C=O) groups is 1. The average molecular weight is 252 g/mol. The van der Waals surface area contributed by atoms with E-state index in [1.165, 1.54) is 0 Å². The van der Waals surface area contributed by atoms with E-state index in [9.17, 15) is 4.79 Å². The minimum atomic E-state index is 0.166. The second-order valence-corrected chi connectivity index (χ2v) is 5.01. The number of aromatic nitrogens is 1. The van der Waals surface area contributed by atoms with Crippen molar-refractivity contribution >= 4 is 22.5 Å². The summed E-state index contributed by atoms with van der Waals surface area (Å²) in [6.45, 7) is 6.55. The quantitative estimate of drug-likeness (QED) is 0.769. The molecule has 1 unspecified atom stereocenters. The van der Waals surface area contributed by atoms with Crippen LogP contribution in [0.1, 0.15) is 12.0 Å². The number of benzene rings is 1. The largest absolute Gasteiger partial charge is 0.311 e. The maximum Gasteiger partial charge on any atom is 0.227 e. The molecule has 0 radical (unpaired) electrons. The highest BCUT2D eigenvalue weighted by molar-refractivity contribution is 6.04. The number of fused-ring (bicyclic) bond motifs is 1. The van der Waals surface area contributed by atoms with E-state index in [0.717, 1.165) is 28.7 Å². The first-order valence-corrected chi connectivity index (χ1v) is 6.48. The van der Waals surface area contributed by atoms with E-state index in [1.54, 1.807) is 6.20 Å². The minimum absolute atomic E-state index is 0.166. The van der Waals surface area contributed by atoms with Gasteiger partial charge in [0, 0.05) is 30.5 Å². The summed E-state index contributed by atoms with van der Waals surface area (Å²) >= 11 is 0. The highest BCUT2D eigenvalue weighted by atomic mass is 16.2.